The zero-order chi connectivity index (χ0) is 46.5. The van der Waals surface area contributed by atoms with Crippen molar-refractivity contribution in [3.63, 3.8) is 0 Å². The Kier molecular flexibility index (Phi) is 52.1. The SMILES string of the molecule is CCCCCC/C=C\C/C=C\CCCCCCCC(=O)OCCCCCCCCCCC/C=C\CCCCCCCC(=O)NC(CO)C(O)CCCCCCCCCCCCCCC. The summed E-state index contributed by atoms with van der Waals surface area (Å²) in [6.45, 7) is 4.91. The van der Waals surface area contributed by atoms with Gasteiger partial charge in [-0.3, -0.25) is 9.59 Å². The van der Waals surface area contributed by atoms with E-state index in [1.165, 1.54) is 193 Å². The lowest BCUT2D eigenvalue weighted by molar-refractivity contribution is -0.143. The molecule has 6 heteroatoms. The maximum atomic E-state index is 12.4. The van der Waals surface area contributed by atoms with Crippen LogP contribution < -0.4 is 5.32 Å². The van der Waals surface area contributed by atoms with Crippen LogP contribution in [0.15, 0.2) is 36.5 Å². The Labute approximate surface area is 398 Å². The molecular weight excluding hydrogens is 791 g/mol. The predicted octanol–water partition coefficient (Wildman–Crippen LogP) is 17.2. The molecule has 0 heterocycles. The van der Waals surface area contributed by atoms with E-state index in [0.29, 0.717) is 25.9 Å². The Bertz CT molecular complexity index is 1040. The van der Waals surface area contributed by atoms with E-state index in [1.807, 2.05) is 0 Å². The summed E-state index contributed by atoms with van der Waals surface area (Å²) in [7, 11) is 0. The Morgan fingerprint density at radius 1 is 0.438 bits per heavy atom. The van der Waals surface area contributed by atoms with Gasteiger partial charge in [-0.25, -0.2) is 0 Å². The highest BCUT2D eigenvalue weighted by atomic mass is 16.5. The van der Waals surface area contributed by atoms with Gasteiger partial charge < -0.3 is 20.3 Å². The van der Waals surface area contributed by atoms with Crippen molar-refractivity contribution in [1.82, 2.24) is 5.32 Å². The van der Waals surface area contributed by atoms with Crippen LogP contribution in [0.5, 0.6) is 0 Å². The fraction of sp³-hybridized carbons (Fsp3) is 0.862. The normalized spacial score (nSPS) is 12.9. The molecule has 0 aromatic carbocycles. The quantitative estimate of drug-likeness (QED) is 0.0321. The number of aliphatic hydroxyl groups excluding tert-OH is 2. The molecule has 0 spiro atoms. The summed E-state index contributed by atoms with van der Waals surface area (Å²) in [4.78, 5) is 24.5. The van der Waals surface area contributed by atoms with Gasteiger partial charge >= 0.3 is 5.97 Å². The number of esters is 1. The van der Waals surface area contributed by atoms with Gasteiger partial charge in [-0.1, -0.05) is 237 Å². The molecule has 0 fully saturated rings. The fourth-order valence-electron chi connectivity index (χ4n) is 8.55. The average molecular weight is 901 g/mol. The van der Waals surface area contributed by atoms with E-state index in [-0.39, 0.29) is 18.5 Å². The molecule has 0 rings (SSSR count). The van der Waals surface area contributed by atoms with E-state index in [9.17, 15) is 19.8 Å². The van der Waals surface area contributed by atoms with Crippen molar-refractivity contribution in [1.29, 1.82) is 0 Å². The molecule has 0 aliphatic carbocycles. The summed E-state index contributed by atoms with van der Waals surface area (Å²) < 4.78 is 5.47. The maximum absolute atomic E-state index is 12.4. The Balaban J connectivity index is 3.45. The molecule has 3 N–H and O–H groups in total. The maximum Gasteiger partial charge on any atom is 0.305 e. The molecule has 2 atom stereocenters. The number of amides is 1. The zero-order valence-corrected chi connectivity index (χ0v) is 42.8. The molecule has 376 valence electrons. The van der Waals surface area contributed by atoms with Crippen molar-refractivity contribution in [3.05, 3.63) is 36.5 Å². The van der Waals surface area contributed by atoms with Gasteiger partial charge in [0.1, 0.15) is 0 Å². The lowest BCUT2D eigenvalue weighted by atomic mass is 10.0. The molecule has 0 bridgehead atoms. The van der Waals surface area contributed by atoms with E-state index in [4.69, 9.17) is 4.74 Å². The Morgan fingerprint density at radius 2 is 0.781 bits per heavy atom. The van der Waals surface area contributed by atoms with Crippen molar-refractivity contribution in [2.24, 2.45) is 0 Å². The van der Waals surface area contributed by atoms with Crippen LogP contribution in [0.2, 0.25) is 0 Å². The first kappa shape index (κ1) is 62.1. The molecule has 0 aliphatic heterocycles. The Morgan fingerprint density at radius 3 is 1.22 bits per heavy atom. The summed E-state index contributed by atoms with van der Waals surface area (Å²) in [5, 5.41) is 23.2. The first-order valence-electron chi connectivity index (χ1n) is 28.2. The first-order valence-corrected chi connectivity index (χ1v) is 28.2. The highest BCUT2D eigenvalue weighted by molar-refractivity contribution is 5.76. The topological polar surface area (TPSA) is 95.9 Å². The monoisotopic (exact) mass is 900 g/mol. The molecule has 1 amide bonds. The minimum Gasteiger partial charge on any atom is -0.466 e. The van der Waals surface area contributed by atoms with Crippen molar-refractivity contribution < 1.29 is 24.5 Å². The standard InChI is InChI=1S/C58H109NO5/c1-3-5-7-9-11-13-15-17-18-24-28-32-36-40-44-48-52-58(63)64-53-49-45-41-37-33-29-25-22-20-19-21-23-27-31-35-39-43-47-51-57(62)59-55(54-60)56(61)50-46-42-38-34-30-26-16-14-12-10-8-6-4-2/h13,15,18,21,23-24,55-56,60-61H,3-12,14,16-17,19-20,22,25-54H2,1-2H3,(H,59,62)/b15-13-,23-21-,24-18-. The average Bonchev–Trinajstić information content (AvgIpc) is 3.29. The third-order valence-electron chi connectivity index (χ3n) is 12.9. The molecule has 64 heavy (non-hydrogen) atoms. The lowest BCUT2D eigenvalue weighted by Crippen LogP contribution is -2.45. The number of nitrogens with one attached hydrogen (secondary N) is 1. The first-order chi connectivity index (χ1) is 31.5. The second-order valence-corrected chi connectivity index (χ2v) is 19.3. The molecule has 0 aliphatic rings. The van der Waals surface area contributed by atoms with Crippen molar-refractivity contribution in [3.8, 4) is 0 Å². The van der Waals surface area contributed by atoms with Crippen LogP contribution in [0.3, 0.4) is 0 Å². The molecular formula is C58H109NO5. The van der Waals surface area contributed by atoms with Gasteiger partial charge in [-0.05, 0) is 83.5 Å². The molecule has 0 radical (unpaired) electrons. The third-order valence-corrected chi connectivity index (χ3v) is 12.9. The van der Waals surface area contributed by atoms with Gasteiger partial charge in [0.2, 0.25) is 5.91 Å². The van der Waals surface area contributed by atoms with E-state index in [0.717, 1.165) is 70.6 Å². The number of ether oxygens (including phenoxy) is 1. The van der Waals surface area contributed by atoms with Gasteiger partial charge in [0.05, 0.1) is 25.4 Å². The minimum absolute atomic E-state index is 0.0107. The predicted molar refractivity (Wildman–Crippen MR) is 278 cm³/mol. The summed E-state index contributed by atoms with van der Waals surface area (Å²) in [6.07, 6.45) is 65.5. The van der Waals surface area contributed by atoms with Gasteiger partial charge in [-0.2, -0.15) is 0 Å². The van der Waals surface area contributed by atoms with Crippen LogP contribution in [-0.2, 0) is 14.3 Å². The van der Waals surface area contributed by atoms with Gasteiger partial charge in [-0.15, -0.1) is 0 Å². The number of allylic oxidation sites excluding steroid dienone is 6. The summed E-state index contributed by atoms with van der Waals surface area (Å²) in [6, 6.07) is -0.551. The molecule has 0 saturated heterocycles. The van der Waals surface area contributed by atoms with Crippen LogP contribution in [0, 0.1) is 0 Å². The second kappa shape index (κ2) is 53.7. The van der Waals surface area contributed by atoms with Crippen molar-refractivity contribution >= 4 is 11.9 Å². The van der Waals surface area contributed by atoms with E-state index in [2.05, 4.69) is 55.6 Å². The number of aliphatic hydroxyl groups is 2. The number of unbranched alkanes of at least 4 members (excludes halogenated alkanes) is 35. The van der Waals surface area contributed by atoms with Gasteiger partial charge in [0, 0.05) is 12.8 Å². The van der Waals surface area contributed by atoms with E-state index in [1.54, 1.807) is 0 Å². The molecule has 6 nitrogen and oxygen atoms in total. The number of hydrogen-bond acceptors (Lipinski definition) is 5. The highest BCUT2D eigenvalue weighted by Crippen LogP contribution is 2.16. The fourth-order valence-corrected chi connectivity index (χ4v) is 8.55. The lowest BCUT2D eigenvalue weighted by Gasteiger charge is -2.22. The van der Waals surface area contributed by atoms with Gasteiger partial charge in [0.25, 0.3) is 0 Å². The van der Waals surface area contributed by atoms with Gasteiger partial charge in [0.15, 0.2) is 0 Å². The molecule has 0 aromatic heterocycles. The van der Waals surface area contributed by atoms with Crippen LogP contribution in [0.25, 0.3) is 0 Å². The van der Waals surface area contributed by atoms with Crippen LogP contribution in [-0.4, -0.2) is 47.4 Å². The molecule has 2 unspecified atom stereocenters. The number of hydrogen-bond donors (Lipinski definition) is 3. The van der Waals surface area contributed by atoms with Crippen molar-refractivity contribution in [2.75, 3.05) is 13.2 Å². The molecule has 0 aromatic rings. The van der Waals surface area contributed by atoms with Crippen LogP contribution in [0.4, 0.5) is 0 Å². The largest absolute Gasteiger partial charge is 0.466 e. The van der Waals surface area contributed by atoms with E-state index >= 15 is 0 Å². The zero-order valence-electron chi connectivity index (χ0n) is 42.8. The van der Waals surface area contributed by atoms with Crippen LogP contribution >= 0.6 is 0 Å². The minimum atomic E-state index is -0.673. The Hall–Kier alpha value is -1.92. The number of rotatable bonds is 52. The molecule has 0 saturated carbocycles. The highest BCUT2D eigenvalue weighted by Gasteiger charge is 2.20. The summed E-state index contributed by atoms with van der Waals surface area (Å²) in [5.41, 5.74) is 0. The second-order valence-electron chi connectivity index (χ2n) is 19.3. The summed E-state index contributed by atoms with van der Waals surface area (Å²) in [5.74, 6) is -0.0607. The third kappa shape index (κ3) is 49.5. The number of carbonyl (C=O) groups excluding carboxylic acids is 2. The number of carbonyl (C=O) groups is 2. The smallest absolute Gasteiger partial charge is 0.305 e. The van der Waals surface area contributed by atoms with Crippen molar-refractivity contribution in [2.45, 2.75) is 309 Å². The summed E-state index contributed by atoms with van der Waals surface area (Å²) >= 11 is 0. The van der Waals surface area contributed by atoms with Crippen LogP contribution in [0.1, 0.15) is 296 Å². The van der Waals surface area contributed by atoms with E-state index < -0.39 is 12.1 Å².